The summed E-state index contributed by atoms with van der Waals surface area (Å²) in [7, 11) is 1.89. The van der Waals surface area contributed by atoms with Gasteiger partial charge in [-0.15, -0.1) is 6.58 Å². The quantitative estimate of drug-likeness (QED) is 0.769. The van der Waals surface area contributed by atoms with Crippen LogP contribution in [0.1, 0.15) is 18.9 Å². The lowest BCUT2D eigenvalue weighted by Crippen LogP contribution is -2.08. The highest BCUT2D eigenvalue weighted by Gasteiger charge is 2.06. The first-order chi connectivity index (χ1) is 7.65. The molecule has 0 radical (unpaired) electrons. The van der Waals surface area contributed by atoms with E-state index in [-0.39, 0.29) is 0 Å². The number of ether oxygens (including phenoxy) is 1. The van der Waals surface area contributed by atoms with Crippen LogP contribution < -0.4 is 10.1 Å². The topological polar surface area (TPSA) is 21.3 Å². The van der Waals surface area contributed by atoms with Crippen LogP contribution >= 0.6 is 11.6 Å². The third kappa shape index (κ3) is 3.87. The highest BCUT2D eigenvalue weighted by molar-refractivity contribution is 6.31. The molecule has 1 aromatic carbocycles. The average molecular weight is 240 g/mol. The predicted molar refractivity (Wildman–Crippen MR) is 69.1 cm³/mol. The average Bonchev–Trinajstić information content (AvgIpc) is 2.22. The maximum atomic E-state index is 6.11. The Balaban J connectivity index is 2.70. The Morgan fingerprint density at radius 1 is 1.50 bits per heavy atom. The van der Waals surface area contributed by atoms with Crippen LogP contribution in [0, 0.1) is 0 Å². The monoisotopic (exact) mass is 239 g/mol. The van der Waals surface area contributed by atoms with Crippen molar-refractivity contribution in [2.75, 3.05) is 13.7 Å². The Morgan fingerprint density at radius 3 is 2.88 bits per heavy atom. The molecule has 0 unspecified atom stereocenters. The minimum Gasteiger partial charge on any atom is -0.493 e. The van der Waals surface area contributed by atoms with Crippen LogP contribution in [0.4, 0.5) is 0 Å². The summed E-state index contributed by atoms with van der Waals surface area (Å²) in [5.41, 5.74) is 2.13. The van der Waals surface area contributed by atoms with Gasteiger partial charge < -0.3 is 10.1 Å². The second-order valence-electron chi connectivity index (χ2n) is 3.80. The van der Waals surface area contributed by atoms with Crippen molar-refractivity contribution in [3.05, 3.63) is 40.9 Å². The molecule has 0 atom stereocenters. The summed E-state index contributed by atoms with van der Waals surface area (Å²) in [4.78, 5) is 0. The van der Waals surface area contributed by atoms with Gasteiger partial charge in [0.15, 0.2) is 0 Å². The molecule has 88 valence electrons. The van der Waals surface area contributed by atoms with Crippen LogP contribution in [0.3, 0.4) is 0 Å². The molecule has 16 heavy (non-hydrogen) atoms. The van der Waals surface area contributed by atoms with Gasteiger partial charge in [0.2, 0.25) is 0 Å². The van der Waals surface area contributed by atoms with Crippen LogP contribution in [0.25, 0.3) is 0 Å². The van der Waals surface area contributed by atoms with E-state index in [0.29, 0.717) is 13.2 Å². The van der Waals surface area contributed by atoms with Gasteiger partial charge in [0.05, 0.1) is 6.61 Å². The molecule has 0 amide bonds. The SMILES string of the molecule is C=C(C)CCOc1cccc(Cl)c1CNC. The first kappa shape index (κ1) is 13.1. The van der Waals surface area contributed by atoms with Crippen molar-refractivity contribution in [2.24, 2.45) is 0 Å². The molecule has 2 nitrogen and oxygen atoms in total. The molecule has 1 aromatic rings. The van der Waals surface area contributed by atoms with Crippen molar-refractivity contribution >= 4 is 11.6 Å². The van der Waals surface area contributed by atoms with Gasteiger partial charge in [-0.05, 0) is 26.1 Å². The second kappa shape index (κ2) is 6.56. The highest BCUT2D eigenvalue weighted by Crippen LogP contribution is 2.26. The molecule has 0 fully saturated rings. The van der Waals surface area contributed by atoms with E-state index in [1.165, 1.54) is 0 Å². The number of halogens is 1. The molecule has 0 bridgehead atoms. The largest absolute Gasteiger partial charge is 0.493 e. The van der Waals surface area contributed by atoms with Gasteiger partial charge in [-0.1, -0.05) is 23.2 Å². The zero-order valence-electron chi connectivity index (χ0n) is 9.85. The summed E-state index contributed by atoms with van der Waals surface area (Å²) in [6.45, 7) is 7.20. The maximum Gasteiger partial charge on any atom is 0.125 e. The third-order valence-corrected chi connectivity index (χ3v) is 2.57. The van der Waals surface area contributed by atoms with E-state index in [4.69, 9.17) is 16.3 Å². The molecule has 0 aliphatic heterocycles. The molecule has 0 aromatic heterocycles. The van der Waals surface area contributed by atoms with Gasteiger partial charge in [0.25, 0.3) is 0 Å². The Morgan fingerprint density at radius 2 is 2.25 bits per heavy atom. The van der Waals surface area contributed by atoms with Crippen LogP contribution in [0.2, 0.25) is 5.02 Å². The molecule has 0 spiro atoms. The van der Waals surface area contributed by atoms with Gasteiger partial charge >= 0.3 is 0 Å². The lowest BCUT2D eigenvalue weighted by Gasteiger charge is -2.12. The van der Waals surface area contributed by atoms with Gasteiger partial charge in [0, 0.05) is 23.6 Å². The fraction of sp³-hybridized carbons (Fsp3) is 0.385. The summed E-state index contributed by atoms with van der Waals surface area (Å²) in [6.07, 6.45) is 0.867. The van der Waals surface area contributed by atoms with Crippen LogP contribution in [-0.4, -0.2) is 13.7 Å². The molecular formula is C13H18ClNO. The summed E-state index contributed by atoms with van der Waals surface area (Å²) in [5, 5.41) is 3.82. The van der Waals surface area contributed by atoms with E-state index in [9.17, 15) is 0 Å². The van der Waals surface area contributed by atoms with Gasteiger partial charge in [-0.25, -0.2) is 0 Å². The van der Waals surface area contributed by atoms with E-state index in [1.54, 1.807) is 0 Å². The molecule has 1 rings (SSSR count). The number of benzene rings is 1. The minimum atomic E-state index is 0.645. The first-order valence-corrected chi connectivity index (χ1v) is 5.72. The van der Waals surface area contributed by atoms with Crippen molar-refractivity contribution < 1.29 is 4.74 Å². The fourth-order valence-electron chi connectivity index (χ4n) is 1.36. The van der Waals surface area contributed by atoms with Crippen molar-refractivity contribution in [1.82, 2.24) is 5.32 Å². The Bertz CT molecular complexity index is 363. The lowest BCUT2D eigenvalue weighted by atomic mass is 10.2. The van der Waals surface area contributed by atoms with E-state index in [1.807, 2.05) is 32.2 Å². The van der Waals surface area contributed by atoms with Gasteiger partial charge in [-0.3, -0.25) is 0 Å². The van der Waals surface area contributed by atoms with Crippen molar-refractivity contribution in [2.45, 2.75) is 19.9 Å². The molecule has 0 heterocycles. The third-order valence-electron chi connectivity index (χ3n) is 2.22. The van der Waals surface area contributed by atoms with Crippen LogP contribution in [-0.2, 0) is 6.54 Å². The maximum absolute atomic E-state index is 6.11. The molecule has 0 aliphatic rings. The molecule has 0 aliphatic carbocycles. The smallest absolute Gasteiger partial charge is 0.125 e. The summed E-state index contributed by atoms with van der Waals surface area (Å²) in [5.74, 6) is 0.850. The standard InChI is InChI=1S/C13H18ClNO/c1-10(2)7-8-16-13-6-4-5-12(14)11(13)9-15-3/h4-6,15H,1,7-9H2,2-3H3. The number of hydrogen-bond donors (Lipinski definition) is 1. The Kier molecular flexibility index (Phi) is 5.36. The van der Waals surface area contributed by atoms with E-state index >= 15 is 0 Å². The number of hydrogen-bond acceptors (Lipinski definition) is 2. The van der Waals surface area contributed by atoms with Crippen molar-refractivity contribution in [3.63, 3.8) is 0 Å². The van der Waals surface area contributed by atoms with Crippen molar-refractivity contribution in [3.8, 4) is 5.75 Å². The Labute approximate surface area is 102 Å². The summed E-state index contributed by atoms with van der Waals surface area (Å²) >= 11 is 6.11. The zero-order valence-corrected chi connectivity index (χ0v) is 10.6. The minimum absolute atomic E-state index is 0.645. The zero-order chi connectivity index (χ0) is 12.0. The number of nitrogens with one attached hydrogen (secondary N) is 1. The van der Waals surface area contributed by atoms with Crippen LogP contribution in [0.15, 0.2) is 30.4 Å². The summed E-state index contributed by atoms with van der Waals surface area (Å²) < 4.78 is 5.70. The number of rotatable bonds is 6. The molecule has 3 heteroatoms. The lowest BCUT2D eigenvalue weighted by molar-refractivity contribution is 0.318. The molecule has 0 saturated heterocycles. The van der Waals surface area contributed by atoms with Crippen molar-refractivity contribution in [1.29, 1.82) is 0 Å². The summed E-state index contributed by atoms with van der Waals surface area (Å²) in [6, 6.07) is 5.72. The Hall–Kier alpha value is -0.990. The van der Waals surface area contributed by atoms with Crippen LogP contribution in [0.5, 0.6) is 5.75 Å². The molecule has 0 saturated carbocycles. The molecule has 1 N–H and O–H groups in total. The fourth-order valence-corrected chi connectivity index (χ4v) is 1.59. The van der Waals surface area contributed by atoms with E-state index < -0.39 is 0 Å². The first-order valence-electron chi connectivity index (χ1n) is 5.34. The predicted octanol–water partition coefficient (Wildman–Crippen LogP) is 3.40. The molecular weight excluding hydrogens is 222 g/mol. The van der Waals surface area contributed by atoms with E-state index in [2.05, 4.69) is 11.9 Å². The normalized spacial score (nSPS) is 10.2. The second-order valence-corrected chi connectivity index (χ2v) is 4.21. The highest BCUT2D eigenvalue weighted by atomic mass is 35.5. The van der Waals surface area contributed by atoms with E-state index in [0.717, 1.165) is 28.3 Å². The van der Waals surface area contributed by atoms with Gasteiger partial charge in [-0.2, -0.15) is 0 Å². The van der Waals surface area contributed by atoms with Gasteiger partial charge in [0.1, 0.15) is 5.75 Å².